The van der Waals surface area contributed by atoms with E-state index in [9.17, 15) is 4.79 Å². The zero-order valence-electron chi connectivity index (χ0n) is 15.0. The van der Waals surface area contributed by atoms with Crippen molar-refractivity contribution in [2.24, 2.45) is 7.05 Å². The first-order valence-electron chi connectivity index (χ1n) is 8.79. The van der Waals surface area contributed by atoms with Gasteiger partial charge < -0.3 is 10.2 Å². The lowest BCUT2D eigenvalue weighted by atomic mass is 9.86. The summed E-state index contributed by atoms with van der Waals surface area (Å²) in [7, 11) is 1.92. The third kappa shape index (κ3) is 3.20. The summed E-state index contributed by atoms with van der Waals surface area (Å²) in [6, 6.07) is 16.1. The average Bonchev–Trinajstić information content (AvgIpc) is 3.09. The minimum absolute atomic E-state index is 0.0720. The Balaban J connectivity index is 1.60. The fourth-order valence-electron chi connectivity index (χ4n) is 3.51. The molecular formula is C21H22N4O. The van der Waals surface area contributed by atoms with E-state index in [1.165, 1.54) is 16.7 Å². The second kappa shape index (κ2) is 6.67. The number of nitrogens with one attached hydrogen (secondary N) is 1. The molecule has 4 rings (SSSR count). The van der Waals surface area contributed by atoms with Crippen LogP contribution in [0.5, 0.6) is 0 Å². The van der Waals surface area contributed by atoms with Gasteiger partial charge in [-0.25, -0.2) is 4.79 Å². The highest BCUT2D eigenvalue weighted by atomic mass is 16.2. The zero-order valence-corrected chi connectivity index (χ0v) is 15.0. The summed E-state index contributed by atoms with van der Waals surface area (Å²) in [6.45, 7) is 3.29. The summed E-state index contributed by atoms with van der Waals surface area (Å²) < 4.78 is 1.81. The van der Waals surface area contributed by atoms with Crippen LogP contribution in [0, 0.1) is 6.92 Å². The third-order valence-electron chi connectivity index (χ3n) is 4.91. The number of hydrogen-bond donors (Lipinski definition) is 1. The minimum Gasteiger partial charge on any atom is -0.319 e. The Kier molecular flexibility index (Phi) is 4.21. The van der Waals surface area contributed by atoms with Crippen LogP contribution in [0.15, 0.2) is 60.9 Å². The number of fused-ring (bicyclic) bond motifs is 1. The molecule has 0 aliphatic carbocycles. The quantitative estimate of drug-likeness (QED) is 0.765. The molecule has 132 valence electrons. The maximum Gasteiger partial charge on any atom is 0.322 e. The number of carbonyl (C=O) groups is 1. The lowest BCUT2D eigenvalue weighted by Gasteiger charge is -2.34. The number of nitrogens with zero attached hydrogens (tertiary/aromatic N) is 3. The van der Waals surface area contributed by atoms with Crippen molar-refractivity contribution in [3.8, 4) is 0 Å². The van der Waals surface area contributed by atoms with E-state index in [4.69, 9.17) is 0 Å². The third-order valence-corrected chi connectivity index (χ3v) is 4.91. The van der Waals surface area contributed by atoms with E-state index in [1.54, 1.807) is 0 Å². The molecule has 5 heteroatoms. The SMILES string of the molecule is Cc1ccc(NC(=O)N2Cc3ccccc3[C@@H](c3cnn(C)c3)C2)cc1. The van der Waals surface area contributed by atoms with Gasteiger partial charge in [0.25, 0.3) is 0 Å². The topological polar surface area (TPSA) is 50.2 Å². The predicted molar refractivity (Wildman–Crippen MR) is 102 cm³/mol. The van der Waals surface area contributed by atoms with Crippen molar-refractivity contribution < 1.29 is 4.79 Å². The van der Waals surface area contributed by atoms with Crippen LogP contribution in [0.4, 0.5) is 10.5 Å². The lowest BCUT2D eigenvalue weighted by Crippen LogP contribution is -2.41. The average molecular weight is 346 g/mol. The number of benzene rings is 2. The molecule has 2 aromatic carbocycles. The van der Waals surface area contributed by atoms with E-state index in [1.807, 2.05) is 66.3 Å². The van der Waals surface area contributed by atoms with E-state index in [-0.39, 0.29) is 11.9 Å². The molecule has 3 aromatic rings. The van der Waals surface area contributed by atoms with E-state index in [0.29, 0.717) is 13.1 Å². The van der Waals surface area contributed by atoms with Gasteiger partial charge in [-0.05, 0) is 35.7 Å². The zero-order chi connectivity index (χ0) is 18.1. The number of anilines is 1. The first kappa shape index (κ1) is 16.4. The van der Waals surface area contributed by atoms with Gasteiger partial charge in [-0.1, -0.05) is 42.0 Å². The normalized spacial score (nSPS) is 16.2. The molecule has 0 bridgehead atoms. The largest absolute Gasteiger partial charge is 0.322 e. The summed E-state index contributed by atoms with van der Waals surface area (Å²) in [6.07, 6.45) is 3.92. The summed E-state index contributed by atoms with van der Waals surface area (Å²) in [4.78, 5) is 14.7. The van der Waals surface area contributed by atoms with Gasteiger partial charge in [0.1, 0.15) is 0 Å². The van der Waals surface area contributed by atoms with Crippen LogP contribution >= 0.6 is 0 Å². The summed E-state index contributed by atoms with van der Waals surface area (Å²) in [5.41, 5.74) is 5.59. The Labute approximate surface area is 153 Å². The van der Waals surface area contributed by atoms with Gasteiger partial charge in [-0.15, -0.1) is 0 Å². The second-order valence-corrected chi connectivity index (χ2v) is 6.88. The Morgan fingerprint density at radius 2 is 1.92 bits per heavy atom. The molecule has 0 saturated heterocycles. The molecule has 1 N–H and O–H groups in total. The summed E-state index contributed by atoms with van der Waals surface area (Å²) in [5, 5.41) is 7.32. The molecule has 1 aliphatic rings. The van der Waals surface area contributed by atoms with Crippen LogP contribution in [-0.4, -0.2) is 27.3 Å². The standard InChI is InChI=1S/C21H22N4O/c1-15-7-9-18(10-8-15)23-21(26)25-13-16-5-3-4-6-19(16)20(14-25)17-11-22-24(2)12-17/h3-12,20H,13-14H2,1-2H3,(H,23,26)/t20-/m1/s1. The van der Waals surface area contributed by atoms with Crippen LogP contribution < -0.4 is 5.32 Å². The first-order valence-corrected chi connectivity index (χ1v) is 8.79. The van der Waals surface area contributed by atoms with Crippen LogP contribution in [0.2, 0.25) is 0 Å². The van der Waals surface area contributed by atoms with Gasteiger partial charge in [0.15, 0.2) is 0 Å². The number of aryl methyl sites for hydroxylation is 2. The minimum atomic E-state index is -0.0720. The van der Waals surface area contributed by atoms with Gasteiger partial charge in [0, 0.05) is 37.9 Å². The fraction of sp³-hybridized carbons (Fsp3) is 0.238. The van der Waals surface area contributed by atoms with E-state index < -0.39 is 0 Å². The summed E-state index contributed by atoms with van der Waals surface area (Å²) >= 11 is 0. The number of aromatic nitrogens is 2. The molecule has 2 heterocycles. The maximum atomic E-state index is 12.8. The number of urea groups is 1. The smallest absolute Gasteiger partial charge is 0.319 e. The molecule has 5 nitrogen and oxygen atoms in total. The number of hydrogen-bond acceptors (Lipinski definition) is 2. The Bertz CT molecular complexity index is 929. The fourth-order valence-corrected chi connectivity index (χ4v) is 3.51. The lowest BCUT2D eigenvalue weighted by molar-refractivity contribution is 0.203. The van der Waals surface area contributed by atoms with Crippen molar-refractivity contribution >= 4 is 11.7 Å². The van der Waals surface area contributed by atoms with Crippen molar-refractivity contribution in [3.63, 3.8) is 0 Å². The van der Waals surface area contributed by atoms with Gasteiger partial charge in [0.05, 0.1) is 6.20 Å². The highest BCUT2D eigenvalue weighted by Crippen LogP contribution is 2.33. The Hall–Kier alpha value is -3.08. The molecule has 1 atom stereocenters. The van der Waals surface area contributed by atoms with Gasteiger partial charge in [0.2, 0.25) is 0 Å². The number of carbonyl (C=O) groups excluding carboxylic acids is 1. The van der Waals surface area contributed by atoms with E-state index in [0.717, 1.165) is 11.3 Å². The van der Waals surface area contributed by atoms with Crippen molar-refractivity contribution in [3.05, 3.63) is 83.2 Å². The molecule has 0 spiro atoms. The van der Waals surface area contributed by atoms with E-state index >= 15 is 0 Å². The molecule has 0 radical (unpaired) electrons. The summed E-state index contributed by atoms with van der Waals surface area (Å²) in [5.74, 6) is 0.136. The molecule has 1 aromatic heterocycles. The molecular weight excluding hydrogens is 324 g/mol. The van der Waals surface area contributed by atoms with Crippen molar-refractivity contribution in [1.29, 1.82) is 0 Å². The van der Waals surface area contributed by atoms with Gasteiger partial charge in [-0.2, -0.15) is 5.10 Å². The monoisotopic (exact) mass is 346 g/mol. The predicted octanol–water partition coefficient (Wildman–Crippen LogP) is 3.91. The van der Waals surface area contributed by atoms with Crippen LogP contribution in [0.25, 0.3) is 0 Å². The number of rotatable bonds is 2. The first-order chi connectivity index (χ1) is 12.6. The van der Waals surface area contributed by atoms with Crippen LogP contribution in [-0.2, 0) is 13.6 Å². The molecule has 2 amide bonds. The number of amides is 2. The highest BCUT2D eigenvalue weighted by Gasteiger charge is 2.29. The van der Waals surface area contributed by atoms with Crippen LogP contribution in [0.3, 0.4) is 0 Å². The van der Waals surface area contributed by atoms with Crippen molar-refractivity contribution in [1.82, 2.24) is 14.7 Å². The van der Waals surface area contributed by atoms with Gasteiger partial charge >= 0.3 is 6.03 Å². The van der Waals surface area contributed by atoms with E-state index in [2.05, 4.69) is 28.6 Å². The molecule has 0 unspecified atom stereocenters. The highest BCUT2D eigenvalue weighted by molar-refractivity contribution is 5.89. The Morgan fingerprint density at radius 1 is 1.15 bits per heavy atom. The maximum absolute atomic E-state index is 12.8. The van der Waals surface area contributed by atoms with Crippen molar-refractivity contribution in [2.45, 2.75) is 19.4 Å². The van der Waals surface area contributed by atoms with Gasteiger partial charge in [-0.3, -0.25) is 4.68 Å². The molecule has 26 heavy (non-hydrogen) atoms. The molecule has 0 fully saturated rings. The Morgan fingerprint density at radius 3 is 2.65 bits per heavy atom. The second-order valence-electron chi connectivity index (χ2n) is 6.88. The molecule has 0 saturated carbocycles. The van der Waals surface area contributed by atoms with Crippen molar-refractivity contribution in [2.75, 3.05) is 11.9 Å². The molecule has 1 aliphatic heterocycles. The van der Waals surface area contributed by atoms with Crippen LogP contribution in [0.1, 0.15) is 28.2 Å².